The van der Waals surface area contributed by atoms with E-state index in [0.717, 1.165) is 31.5 Å². The number of aromatic carboxylic acids is 1. The van der Waals surface area contributed by atoms with Crippen LogP contribution in [0.15, 0.2) is 24.3 Å². The van der Waals surface area contributed by atoms with E-state index in [2.05, 4.69) is 4.90 Å². The summed E-state index contributed by atoms with van der Waals surface area (Å²) < 4.78 is 5.33. The molecule has 0 saturated carbocycles. The van der Waals surface area contributed by atoms with Crippen LogP contribution in [0.1, 0.15) is 28.8 Å². The van der Waals surface area contributed by atoms with Gasteiger partial charge in [-0.05, 0) is 24.5 Å². The summed E-state index contributed by atoms with van der Waals surface area (Å²) in [7, 11) is 1.75. The van der Waals surface area contributed by atoms with E-state index in [0.29, 0.717) is 18.2 Å². The summed E-state index contributed by atoms with van der Waals surface area (Å²) in [6.07, 6.45) is 2.40. The third kappa shape index (κ3) is 3.09. The Hall–Kier alpha value is -1.39. The summed E-state index contributed by atoms with van der Waals surface area (Å²) in [5.74, 6) is -0.850. The molecule has 0 aliphatic carbocycles. The molecule has 0 aromatic heterocycles. The number of rotatable bonds is 4. The van der Waals surface area contributed by atoms with E-state index < -0.39 is 5.97 Å². The van der Waals surface area contributed by atoms with Crippen molar-refractivity contribution in [1.82, 2.24) is 4.90 Å². The third-order valence-electron chi connectivity index (χ3n) is 3.51. The highest BCUT2D eigenvalue weighted by atomic mass is 16.5. The fourth-order valence-corrected chi connectivity index (χ4v) is 2.41. The molecule has 0 amide bonds. The molecule has 1 heterocycles. The van der Waals surface area contributed by atoms with Gasteiger partial charge in [0.25, 0.3) is 0 Å². The molecule has 18 heavy (non-hydrogen) atoms. The highest BCUT2D eigenvalue weighted by Crippen LogP contribution is 2.17. The smallest absolute Gasteiger partial charge is 0.336 e. The summed E-state index contributed by atoms with van der Waals surface area (Å²) in [5, 5.41) is 9.14. The molecule has 98 valence electrons. The summed E-state index contributed by atoms with van der Waals surface area (Å²) in [4.78, 5) is 13.4. The number of benzene rings is 1. The van der Waals surface area contributed by atoms with E-state index >= 15 is 0 Å². The van der Waals surface area contributed by atoms with Gasteiger partial charge < -0.3 is 9.84 Å². The zero-order chi connectivity index (χ0) is 13.0. The molecule has 4 heteroatoms. The van der Waals surface area contributed by atoms with Crippen LogP contribution in [0.3, 0.4) is 0 Å². The molecule has 0 atom stereocenters. The number of methoxy groups -OCH3 is 1. The monoisotopic (exact) mass is 249 g/mol. The number of carboxylic acid groups (broad SMARTS) is 1. The van der Waals surface area contributed by atoms with Gasteiger partial charge in [0.15, 0.2) is 0 Å². The molecule has 0 bridgehead atoms. The van der Waals surface area contributed by atoms with Crippen molar-refractivity contribution < 1.29 is 14.6 Å². The van der Waals surface area contributed by atoms with Crippen LogP contribution in [-0.4, -0.2) is 42.3 Å². The fourth-order valence-electron chi connectivity index (χ4n) is 2.41. The molecular formula is C14H19NO3. The Balaban J connectivity index is 2.00. The number of carbonyl (C=O) groups is 1. The van der Waals surface area contributed by atoms with Gasteiger partial charge in [-0.15, -0.1) is 0 Å². The maximum absolute atomic E-state index is 11.1. The Morgan fingerprint density at radius 3 is 2.67 bits per heavy atom. The topological polar surface area (TPSA) is 49.8 Å². The van der Waals surface area contributed by atoms with Crippen molar-refractivity contribution >= 4 is 5.97 Å². The first-order valence-electron chi connectivity index (χ1n) is 6.27. The lowest BCUT2D eigenvalue weighted by Gasteiger charge is -2.31. The SMILES string of the molecule is COC1CCN(Cc2ccccc2C(=O)O)CC1. The maximum Gasteiger partial charge on any atom is 0.336 e. The second kappa shape index (κ2) is 5.98. The molecule has 2 rings (SSSR count). The van der Waals surface area contributed by atoms with E-state index in [1.54, 1.807) is 19.2 Å². The van der Waals surface area contributed by atoms with E-state index in [9.17, 15) is 4.79 Å². The Morgan fingerprint density at radius 2 is 2.06 bits per heavy atom. The van der Waals surface area contributed by atoms with E-state index in [1.807, 2.05) is 12.1 Å². The molecule has 1 aromatic carbocycles. The lowest BCUT2D eigenvalue weighted by atomic mass is 10.0. The summed E-state index contributed by atoms with van der Waals surface area (Å²) in [5.41, 5.74) is 1.30. The van der Waals surface area contributed by atoms with Crippen molar-refractivity contribution in [1.29, 1.82) is 0 Å². The van der Waals surface area contributed by atoms with Crippen molar-refractivity contribution in [3.63, 3.8) is 0 Å². The molecule has 0 spiro atoms. The Bertz CT molecular complexity index is 411. The first-order valence-corrected chi connectivity index (χ1v) is 6.27. The third-order valence-corrected chi connectivity index (χ3v) is 3.51. The number of carboxylic acids is 1. The zero-order valence-corrected chi connectivity index (χ0v) is 10.6. The van der Waals surface area contributed by atoms with Crippen molar-refractivity contribution in [2.45, 2.75) is 25.5 Å². The molecule has 0 unspecified atom stereocenters. The van der Waals surface area contributed by atoms with Crippen LogP contribution in [-0.2, 0) is 11.3 Å². The van der Waals surface area contributed by atoms with Gasteiger partial charge in [0.05, 0.1) is 11.7 Å². The van der Waals surface area contributed by atoms with Crippen molar-refractivity contribution in [3.05, 3.63) is 35.4 Å². The van der Waals surface area contributed by atoms with Gasteiger partial charge in [-0.2, -0.15) is 0 Å². The van der Waals surface area contributed by atoms with Crippen LogP contribution in [0.2, 0.25) is 0 Å². The van der Waals surface area contributed by atoms with Gasteiger partial charge in [-0.25, -0.2) is 4.79 Å². The van der Waals surface area contributed by atoms with Crippen LogP contribution in [0.4, 0.5) is 0 Å². The predicted octanol–water partition coefficient (Wildman–Crippen LogP) is 2.00. The van der Waals surface area contributed by atoms with Gasteiger partial charge in [0, 0.05) is 26.7 Å². The summed E-state index contributed by atoms with van der Waals surface area (Å²) in [6, 6.07) is 7.22. The lowest BCUT2D eigenvalue weighted by molar-refractivity contribution is 0.0386. The van der Waals surface area contributed by atoms with Crippen LogP contribution in [0, 0.1) is 0 Å². The van der Waals surface area contributed by atoms with Crippen LogP contribution < -0.4 is 0 Å². The minimum atomic E-state index is -0.850. The second-order valence-electron chi connectivity index (χ2n) is 4.67. The highest BCUT2D eigenvalue weighted by molar-refractivity contribution is 5.89. The first kappa shape index (κ1) is 13.1. The average Bonchev–Trinajstić information content (AvgIpc) is 2.40. The number of piperidine rings is 1. The molecule has 1 aliphatic rings. The molecule has 4 nitrogen and oxygen atoms in total. The van der Waals surface area contributed by atoms with Gasteiger partial charge in [0.1, 0.15) is 0 Å². The average molecular weight is 249 g/mol. The maximum atomic E-state index is 11.1. The lowest BCUT2D eigenvalue weighted by Crippen LogP contribution is -2.36. The number of likely N-dealkylation sites (tertiary alicyclic amines) is 1. The largest absolute Gasteiger partial charge is 0.478 e. The summed E-state index contributed by atoms with van der Waals surface area (Å²) in [6.45, 7) is 2.64. The molecule has 0 radical (unpaired) electrons. The number of nitrogens with zero attached hydrogens (tertiary/aromatic N) is 1. The van der Waals surface area contributed by atoms with Crippen molar-refractivity contribution in [2.75, 3.05) is 20.2 Å². The predicted molar refractivity (Wildman–Crippen MR) is 68.7 cm³/mol. The number of ether oxygens (including phenoxy) is 1. The molecule has 1 aliphatic heterocycles. The fraction of sp³-hybridized carbons (Fsp3) is 0.500. The number of hydrogen-bond acceptors (Lipinski definition) is 3. The standard InChI is InChI=1S/C14H19NO3/c1-18-12-6-8-15(9-7-12)10-11-4-2-3-5-13(11)14(16)17/h2-5,12H,6-10H2,1H3,(H,16,17). The van der Waals surface area contributed by atoms with Crippen molar-refractivity contribution in [3.8, 4) is 0 Å². The van der Waals surface area contributed by atoms with Gasteiger partial charge in [-0.3, -0.25) is 4.90 Å². The molecule has 1 saturated heterocycles. The zero-order valence-electron chi connectivity index (χ0n) is 10.6. The van der Waals surface area contributed by atoms with Crippen molar-refractivity contribution in [2.24, 2.45) is 0 Å². The Kier molecular flexibility index (Phi) is 4.33. The van der Waals surface area contributed by atoms with E-state index in [1.165, 1.54) is 0 Å². The van der Waals surface area contributed by atoms with E-state index in [4.69, 9.17) is 9.84 Å². The normalized spacial score (nSPS) is 17.8. The molecular weight excluding hydrogens is 230 g/mol. The second-order valence-corrected chi connectivity index (χ2v) is 4.67. The molecule has 1 aromatic rings. The minimum Gasteiger partial charge on any atom is -0.478 e. The van der Waals surface area contributed by atoms with E-state index in [-0.39, 0.29) is 0 Å². The van der Waals surface area contributed by atoms with Gasteiger partial charge in [0.2, 0.25) is 0 Å². The van der Waals surface area contributed by atoms with Crippen LogP contribution >= 0.6 is 0 Å². The Morgan fingerprint density at radius 1 is 1.39 bits per heavy atom. The van der Waals surface area contributed by atoms with Gasteiger partial charge >= 0.3 is 5.97 Å². The number of hydrogen-bond donors (Lipinski definition) is 1. The minimum absolute atomic E-state index is 0.357. The summed E-state index contributed by atoms with van der Waals surface area (Å²) >= 11 is 0. The Labute approximate surface area is 107 Å². The molecule has 1 fully saturated rings. The first-order chi connectivity index (χ1) is 8.70. The quantitative estimate of drug-likeness (QED) is 0.886. The van der Waals surface area contributed by atoms with Gasteiger partial charge in [-0.1, -0.05) is 18.2 Å². The van der Waals surface area contributed by atoms with Crippen LogP contribution in [0.25, 0.3) is 0 Å². The molecule has 1 N–H and O–H groups in total. The van der Waals surface area contributed by atoms with Crippen LogP contribution in [0.5, 0.6) is 0 Å². The highest BCUT2D eigenvalue weighted by Gasteiger charge is 2.20.